The van der Waals surface area contributed by atoms with E-state index in [-0.39, 0.29) is 37.5 Å². The van der Waals surface area contributed by atoms with Gasteiger partial charge < -0.3 is 14.2 Å². The summed E-state index contributed by atoms with van der Waals surface area (Å²) in [5, 5.41) is 0. The lowest BCUT2D eigenvalue weighted by Crippen LogP contribution is -2.30. The fourth-order valence-electron chi connectivity index (χ4n) is 6.07. The van der Waals surface area contributed by atoms with E-state index in [0.29, 0.717) is 19.3 Å². The monoisotopic (exact) mass is 845 g/mol. The molecular formula is C55H88O6. The molecule has 0 aliphatic heterocycles. The van der Waals surface area contributed by atoms with E-state index in [9.17, 15) is 14.4 Å². The van der Waals surface area contributed by atoms with Gasteiger partial charge in [0.25, 0.3) is 0 Å². The minimum Gasteiger partial charge on any atom is -0.462 e. The normalized spacial score (nSPS) is 13.0. The van der Waals surface area contributed by atoms with Gasteiger partial charge in [0.05, 0.1) is 0 Å². The molecule has 1 unspecified atom stereocenters. The summed E-state index contributed by atoms with van der Waals surface area (Å²) in [7, 11) is 0. The molecule has 344 valence electrons. The van der Waals surface area contributed by atoms with Gasteiger partial charge in [-0.15, -0.1) is 0 Å². The molecule has 0 amide bonds. The van der Waals surface area contributed by atoms with Crippen molar-refractivity contribution in [2.24, 2.45) is 0 Å². The van der Waals surface area contributed by atoms with Crippen molar-refractivity contribution in [2.45, 2.75) is 207 Å². The van der Waals surface area contributed by atoms with E-state index in [1.165, 1.54) is 32.1 Å². The molecule has 0 fully saturated rings. The molecule has 0 aromatic heterocycles. The summed E-state index contributed by atoms with van der Waals surface area (Å²) in [5.74, 6) is -1.04. The van der Waals surface area contributed by atoms with E-state index in [0.717, 1.165) is 122 Å². The number of allylic oxidation sites excluding steroid dienone is 18. The Hall–Kier alpha value is -3.93. The molecule has 0 bridgehead atoms. The molecule has 0 N–H and O–H groups in total. The Bertz CT molecular complexity index is 1290. The third-order valence-corrected chi connectivity index (χ3v) is 9.73. The van der Waals surface area contributed by atoms with Crippen molar-refractivity contribution in [3.8, 4) is 0 Å². The number of unbranched alkanes of at least 4 members (excludes halogenated alkanes) is 13. The standard InChI is InChI=1S/C55H88O6/c1-4-7-10-13-16-19-22-24-26-27-28-29-30-32-33-36-39-42-45-48-54(57)60-51-52(50-59-53(56)47-44-41-38-35-21-18-15-12-9-6-3)61-55(58)49-46-43-40-37-34-31-25-23-20-17-14-11-8-5-2/h7,10,12,14-17,19,23-26,28-29,32-33,39,42,52H,4-6,8-9,11,13,18,20-22,27,30-31,34-38,40-41,43-51H2,1-3H3/b10-7-,15-12-,17-14-,19-16-,25-23-,26-24-,29-28-,33-32-,42-39-. The minimum atomic E-state index is -0.819. The lowest BCUT2D eigenvalue weighted by atomic mass is 10.1. The van der Waals surface area contributed by atoms with Gasteiger partial charge in [0, 0.05) is 19.3 Å². The van der Waals surface area contributed by atoms with Gasteiger partial charge in [0.15, 0.2) is 6.10 Å². The predicted octanol–water partition coefficient (Wildman–Crippen LogP) is 16.0. The second-order valence-electron chi connectivity index (χ2n) is 15.6. The van der Waals surface area contributed by atoms with E-state index in [4.69, 9.17) is 14.2 Å². The van der Waals surface area contributed by atoms with Crippen LogP contribution < -0.4 is 0 Å². The smallest absolute Gasteiger partial charge is 0.306 e. The Morgan fingerprint density at radius 3 is 1.18 bits per heavy atom. The molecule has 0 aromatic rings. The number of rotatable bonds is 42. The maximum absolute atomic E-state index is 12.7. The fraction of sp³-hybridized carbons (Fsp3) is 0.618. The topological polar surface area (TPSA) is 78.9 Å². The summed E-state index contributed by atoms with van der Waals surface area (Å²) in [6.07, 6.45) is 65.1. The number of hydrogen-bond donors (Lipinski definition) is 0. The molecule has 6 heteroatoms. The molecule has 0 aliphatic rings. The van der Waals surface area contributed by atoms with Crippen LogP contribution in [0.15, 0.2) is 109 Å². The van der Waals surface area contributed by atoms with E-state index in [2.05, 4.69) is 118 Å². The second kappa shape index (κ2) is 48.7. The van der Waals surface area contributed by atoms with E-state index < -0.39 is 6.10 Å². The number of esters is 3. The Kier molecular flexibility index (Phi) is 45.6. The summed E-state index contributed by atoms with van der Waals surface area (Å²) in [6.45, 7) is 6.31. The van der Waals surface area contributed by atoms with E-state index in [1.54, 1.807) is 0 Å². The number of ether oxygens (including phenoxy) is 3. The zero-order chi connectivity index (χ0) is 44.4. The molecule has 0 saturated heterocycles. The Morgan fingerprint density at radius 2 is 0.705 bits per heavy atom. The van der Waals surface area contributed by atoms with Gasteiger partial charge in [-0.1, -0.05) is 188 Å². The second-order valence-corrected chi connectivity index (χ2v) is 15.6. The van der Waals surface area contributed by atoms with Crippen LogP contribution in [0.3, 0.4) is 0 Å². The van der Waals surface area contributed by atoms with Gasteiger partial charge in [-0.3, -0.25) is 14.4 Å². The van der Waals surface area contributed by atoms with Crippen molar-refractivity contribution in [3.05, 3.63) is 109 Å². The van der Waals surface area contributed by atoms with Crippen LogP contribution in [-0.2, 0) is 28.6 Å². The number of hydrogen-bond acceptors (Lipinski definition) is 6. The van der Waals surface area contributed by atoms with E-state index >= 15 is 0 Å². The quantitative estimate of drug-likeness (QED) is 0.0264. The molecular weight excluding hydrogens is 757 g/mol. The molecule has 61 heavy (non-hydrogen) atoms. The maximum atomic E-state index is 12.7. The zero-order valence-corrected chi connectivity index (χ0v) is 39.1. The van der Waals surface area contributed by atoms with Gasteiger partial charge in [0.2, 0.25) is 0 Å². The highest BCUT2D eigenvalue weighted by molar-refractivity contribution is 5.71. The Labute approximate surface area is 374 Å². The first kappa shape index (κ1) is 57.1. The Morgan fingerprint density at radius 1 is 0.344 bits per heavy atom. The van der Waals surface area contributed by atoms with Crippen LogP contribution in [-0.4, -0.2) is 37.2 Å². The highest BCUT2D eigenvalue weighted by Crippen LogP contribution is 2.12. The van der Waals surface area contributed by atoms with Crippen LogP contribution >= 0.6 is 0 Å². The zero-order valence-electron chi connectivity index (χ0n) is 39.1. The molecule has 0 radical (unpaired) electrons. The lowest BCUT2D eigenvalue weighted by molar-refractivity contribution is -0.166. The van der Waals surface area contributed by atoms with Gasteiger partial charge >= 0.3 is 17.9 Å². The molecule has 0 saturated carbocycles. The molecule has 0 spiro atoms. The molecule has 0 heterocycles. The highest BCUT2D eigenvalue weighted by atomic mass is 16.6. The van der Waals surface area contributed by atoms with Gasteiger partial charge in [0.1, 0.15) is 13.2 Å². The van der Waals surface area contributed by atoms with Crippen LogP contribution in [0.2, 0.25) is 0 Å². The van der Waals surface area contributed by atoms with Crippen LogP contribution in [0.25, 0.3) is 0 Å². The van der Waals surface area contributed by atoms with Gasteiger partial charge in [-0.05, 0) is 103 Å². The molecule has 1 atom stereocenters. The van der Waals surface area contributed by atoms with Crippen LogP contribution in [0.5, 0.6) is 0 Å². The van der Waals surface area contributed by atoms with Gasteiger partial charge in [-0.25, -0.2) is 0 Å². The van der Waals surface area contributed by atoms with Crippen molar-refractivity contribution in [1.29, 1.82) is 0 Å². The summed E-state index contributed by atoms with van der Waals surface area (Å²) >= 11 is 0. The van der Waals surface area contributed by atoms with Crippen molar-refractivity contribution < 1.29 is 28.6 Å². The van der Waals surface area contributed by atoms with Crippen LogP contribution in [0.4, 0.5) is 0 Å². The van der Waals surface area contributed by atoms with Crippen molar-refractivity contribution >= 4 is 17.9 Å². The first-order chi connectivity index (χ1) is 30.0. The first-order valence-electron chi connectivity index (χ1n) is 24.4. The predicted molar refractivity (Wildman–Crippen MR) is 260 cm³/mol. The fourth-order valence-corrected chi connectivity index (χ4v) is 6.07. The maximum Gasteiger partial charge on any atom is 0.306 e. The van der Waals surface area contributed by atoms with Gasteiger partial charge in [-0.2, -0.15) is 0 Å². The molecule has 0 aromatic carbocycles. The van der Waals surface area contributed by atoms with Crippen molar-refractivity contribution in [3.63, 3.8) is 0 Å². The number of carbonyl (C=O) groups excluding carboxylic acids is 3. The summed E-state index contributed by atoms with van der Waals surface area (Å²) in [4.78, 5) is 37.8. The van der Waals surface area contributed by atoms with Crippen LogP contribution in [0.1, 0.15) is 201 Å². The summed E-state index contributed by atoms with van der Waals surface area (Å²) in [6, 6.07) is 0. The average Bonchev–Trinajstić information content (AvgIpc) is 3.26. The average molecular weight is 845 g/mol. The molecule has 0 rings (SSSR count). The van der Waals surface area contributed by atoms with E-state index in [1.807, 2.05) is 12.2 Å². The number of carbonyl (C=O) groups is 3. The van der Waals surface area contributed by atoms with Crippen molar-refractivity contribution in [2.75, 3.05) is 13.2 Å². The highest BCUT2D eigenvalue weighted by Gasteiger charge is 2.19. The first-order valence-corrected chi connectivity index (χ1v) is 24.4. The Balaban J connectivity index is 4.52. The lowest BCUT2D eigenvalue weighted by Gasteiger charge is -2.18. The minimum absolute atomic E-state index is 0.114. The van der Waals surface area contributed by atoms with Crippen molar-refractivity contribution in [1.82, 2.24) is 0 Å². The third kappa shape index (κ3) is 47.0. The molecule has 0 aliphatic carbocycles. The summed E-state index contributed by atoms with van der Waals surface area (Å²) < 4.78 is 16.6. The third-order valence-electron chi connectivity index (χ3n) is 9.73. The molecule has 6 nitrogen and oxygen atoms in total. The largest absolute Gasteiger partial charge is 0.462 e. The summed E-state index contributed by atoms with van der Waals surface area (Å²) in [5.41, 5.74) is 0. The van der Waals surface area contributed by atoms with Crippen LogP contribution in [0, 0.1) is 0 Å². The SMILES string of the molecule is CC/C=C\C/C=C\C/C=C\C/C=C\C/C=C\C/C=C\CCC(=O)OCC(COC(=O)CCCCCCC/C=C\CCC)OC(=O)CCCCCCC/C=C\C/C=C\CCCC.